The number of rotatable bonds is 4. The molecule has 0 spiro atoms. The SMILES string of the molecule is C=C(CC1(O)CCCC1)c1ccccc1[Si](C)(C)C. The van der Waals surface area contributed by atoms with Crippen LogP contribution in [0.25, 0.3) is 5.57 Å². The number of benzene rings is 1. The smallest absolute Gasteiger partial charge is 0.0783 e. The Labute approximate surface area is 118 Å². The molecular weight excluding hydrogens is 248 g/mol. The Hall–Kier alpha value is -0.863. The van der Waals surface area contributed by atoms with Crippen molar-refractivity contribution in [2.45, 2.75) is 57.3 Å². The van der Waals surface area contributed by atoms with Gasteiger partial charge in [0, 0.05) is 6.42 Å². The Morgan fingerprint density at radius 1 is 1.21 bits per heavy atom. The maximum absolute atomic E-state index is 10.6. The van der Waals surface area contributed by atoms with E-state index in [0.717, 1.165) is 37.7 Å². The summed E-state index contributed by atoms with van der Waals surface area (Å²) in [7, 11) is -1.36. The minimum atomic E-state index is -1.36. The number of hydrogen-bond donors (Lipinski definition) is 1. The fourth-order valence-electron chi connectivity index (χ4n) is 3.15. The molecule has 1 aliphatic rings. The van der Waals surface area contributed by atoms with Gasteiger partial charge >= 0.3 is 0 Å². The lowest BCUT2D eigenvalue weighted by molar-refractivity contribution is 0.0534. The van der Waals surface area contributed by atoms with E-state index in [1.807, 2.05) is 0 Å². The number of hydrogen-bond acceptors (Lipinski definition) is 1. The molecule has 0 unspecified atom stereocenters. The van der Waals surface area contributed by atoms with Gasteiger partial charge in [-0.2, -0.15) is 0 Å². The highest BCUT2D eigenvalue weighted by Crippen LogP contribution is 2.36. The van der Waals surface area contributed by atoms with E-state index in [0.29, 0.717) is 0 Å². The van der Waals surface area contributed by atoms with Crippen LogP contribution < -0.4 is 5.19 Å². The topological polar surface area (TPSA) is 20.2 Å². The van der Waals surface area contributed by atoms with E-state index in [2.05, 4.69) is 50.5 Å². The largest absolute Gasteiger partial charge is 0.390 e. The fourth-order valence-corrected chi connectivity index (χ4v) is 4.81. The molecule has 0 aromatic heterocycles. The van der Waals surface area contributed by atoms with Gasteiger partial charge in [-0.3, -0.25) is 0 Å². The molecule has 2 heteroatoms. The van der Waals surface area contributed by atoms with Gasteiger partial charge in [0.25, 0.3) is 0 Å². The molecule has 0 heterocycles. The molecule has 1 aromatic carbocycles. The first-order valence-electron chi connectivity index (χ1n) is 7.32. The van der Waals surface area contributed by atoms with E-state index in [9.17, 15) is 5.11 Å². The Bertz CT molecular complexity index is 464. The maximum Gasteiger partial charge on any atom is 0.0783 e. The Morgan fingerprint density at radius 2 is 1.79 bits per heavy atom. The maximum atomic E-state index is 10.6. The van der Waals surface area contributed by atoms with E-state index in [-0.39, 0.29) is 0 Å². The fraction of sp³-hybridized carbons (Fsp3) is 0.529. The van der Waals surface area contributed by atoms with Gasteiger partial charge in [-0.1, -0.05) is 68.5 Å². The Kier molecular flexibility index (Phi) is 4.02. The van der Waals surface area contributed by atoms with Gasteiger partial charge < -0.3 is 5.11 Å². The predicted molar refractivity (Wildman–Crippen MR) is 86.5 cm³/mol. The second-order valence-electron chi connectivity index (χ2n) is 7.01. The summed E-state index contributed by atoms with van der Waals surface area (Å²) >= 11 is 0. The third-order valence-corrected chi connectivity index (χ3v) is 6.24. The first-order valence-corrected chi connectivity index (χ1v) is 10.8. The van der Waals surface area contributed by atoms with Crippen LogP contribution in [0.15, 0.2) is 30.8 Å². The highest BCUT2D eigenvalue weighted by molar-refractivity contribution is 6.89. The van der Waals surface area contributed by atoms with Gasteiger partial charge in [-0.15, -0.1) is 0 Å². The molecule has 0 saturated heterocycles. The molecule has 0 amide bonds. The second kappa shape index (κ2) is 5.26. The highest BCUT2D eigenvalue weighted by Gasteiger charge is 2.32. The first kappa shape index (κ1) is 14.5. The van der Waals surface area contributed by atoms with E-state index in [4.69, 9.17) is 0 Å². The number of aliphatic hydroxyl groups is 1. The quantitative estimate of drug-likeness (QED) is 0.825. The van der Waals surface area contributed by atoms with Crippen LogP contribution in [-0.2, 0) is 0 Å². The highest BCUT2D eigenvalue weighted by atomic mass is 28.3. The summed E-state index contributed by atoms with van der Waals surface area (Å²) in [4.78, 5) is 0. The van der Waals surface area contributed by atoms with Gasteiger partial charge in [0.15, 0.2) is 0 Å². The van der Waals surface area contributed by atoms with Crippen LogP contribution in [0.4, 0.5) is 0 Å². The van der Waals surface area contributed by atoms with Gasteiger partial charge in [0.05, 0.1) is 13.7 Å². The standard InChI is InChI=1S/C17H26OSi/c1-14(13-17(18)11-7-8-12-17)15-9-5-6-10-16(15)19(2,3)4/h5-6,9-10,18H,1,7-8,11-13H2,2-4H3. The molecule has 1 aliphatic carbocycles. The van der Waals surface area contributed by atoms with Crippen molar-refractivity contribution in [1.82, 2.24) is 0 Å². The van der Waals surface area contributed by atoms with Crippen molar-refractivity contribution >= 4 is 18.8 Å². The van der Waals surface area contributed by atoms with Crippen LogP contribution >= 0.6 is 0 Å². The lowest BCUT2D eigenvalue weighted by Crippen LogP contribution is -2.40. The molecule has 104 valence electrons. The van der Waals surface area contributed by atoms with Crippen molar-refractivity contribution in [3.8, 4) is 0 Å². The zero-order valence-electron chi connectivity index (χ0n) is 12.5. The van der Waals surface area contributed by atoms with Crippen LogP contribution in [0.2, 0.25) is 19.6 Å². The van der Waals surface area contributed by atoms with E-state index in [1.165, 1.54) is 10.8 Å². The van der Waals surface area contributed by atoms with Crippen molar-refractivity contribution < 1.29 is 5.11 Å². The lowest BCUT2D eigenvalue weighted by Gasteiger charge is -2.27. The molecular formula is C17H26OSi. The zero-order chi connectivity index (χ0) is 14.1. The van der Waals surface area contributed by atoms with Gasteiger partial charge in [-0.25, -0.2) is 0 Å². The van der Waals surface area contributed by atoms with Crippen LogP contribution in [0.1, 0.15) is 37.7 Å². The van der Waals surface area contributed by atoms with Crippen molar-refractivity contribution in [2.75, 3.05) is 0 Å². The molecule has 19 heavy (non-hydrogen) atoms. The monoisotopic (exact) mass is 274 g/mol. The predicted octanol–water partition coefficient (Wildman–Crippen LogP) is 3.94. The summed E-state index contributed by atoms with van der Waals surface area (Å²) in [6.45, 7) is 11.4. The lowest BCUT2D eigenvalue weighted by atomic mass is 9.90. The summed E-state index contributed by atoms with van der Waals surface area (Å²) < 4.78 is 0. The molecule has 0 atom stereocenters. The van der Waals surface area contributed by atoms with Crippen LogP contribution in [0.3, 0.4) is 0 Å². The third-order valence-electron chi connectivity index (χ3n) is 4.19. The van der Waals surface area contributed by atoms with Gasteiger partial charge in [0.2, 0.25) is 0 Å². The molecule has 1 saturated carbocycles. The molecule has 1 nitrogen and oxygen atoms in total. The van der Waals surface area contributed by atoms with Crippen molar-refractivity contribution in [1.29, 1.82) is 0 Å². The molecule has 1 fully saturated rings. The van der Waals surface area contributed by atoms with Crippen LogP contribution in [-0.4, -0.2) is 18.8 Å². The van der Waals surface area contributed by atoms with Crippen LogP contribution in [0, 0.1) is 0 Å². The van der Waals surface area contributed by atoms with Crippen LogP contribution in [0.5, 0.6) is 0 Å². The van der Waals surface area contributed by atoms with E-state index >= 15 is 0 Å². The molecule has 0 bridgehead atoms. The van der Waals surface area contributed by atoms with Crippen molar-refractivity contribution in [2.24, 2.45) is 0 Å². The van der Waals surface area contributed by atoms with E-state index in [1.54, 1.807) is 0 Å². The zero-order valence-corrected chi connectivity index (χ0v) is 13.5. The van der Waals surface area contributed by atoms with Crippen molar-refractivity contribution in [3.63, 3.8) is 0 Å². The molecule has 1 N–H and O–H groups in total. The normalized spacial score (nSPS) is 18.5. The van der Waals surface area contributed by atoms with Gasteiger partial charge in [-0.05, 0) is 24.0 Å². The summed E-state index contributed by atoms with van der Waals surface area (Å²) in [6, 6.07) is 8.62. The minimum absolute atomic E-state index is 0.496. The summed E-state index contributed by atoms with van der Waals surface area (Å²) in [5, 5.41) is 12.0. The third kappa shape index (κ3) is 3.37. The molecule has 1 aromatic rings. The Morgan fingerprint density at radius 3 is 2.37 bits per heavy atom. The van der Waals surface area contributed by atoms with E-state index < -0.39 is 13.7 Å². The minimum Gasteiger partial charge on any atom is -0.390 e. The summed E-state index contributed by atoms with van der Waals surface area (Å²) in [6.07, 6.45) is 4.90. The summed E-state index contributed by atoms with van der Waals surface area (Å²) in [5.74, 6) is 0. The molecule has 2 rings (SSSR count). The van der Waals surface area contributed by atoms with Gasteiger partial charge in [0.1, 0.15) is 0 Å². The Balaban J connectivity index is 2.24. The first-order chi connectivity index (χ1) is 8.82. The van der Waals surface area contributed by atoms with Crippen molar-refractivity contribution in [3.05, 3.63) is 36.4 Å². The second-order valence-corrected chi connectivity index (χ2v) is 12.0. The average Bonchev–Trinajstić information content (AvgIpc) is 2.74. The average molecular weight is 274 g/mol. The molecule has 0 radical (unpaired) electrons. The molecule has 0 aliphatic heterocycles. The summed E-state index contributed by atoms with van der Waals surface area (Å²) in [5.41, 5.74) is 1.90.